The smallest absolute Gasteiger partial charge is 0.407 e. The molecule has 4 rings (SSSR count). The molecule has 1 saturated carbocycles. The van der Waals surface area contributed by atoms with Gasteiger partial charge in [0, 0.05) is 32.5 Å². The highest BCUT2D eigenvalue weighted by Crippen LogP contribution is 2.45. The lowest BCUT2D eigenvalue weighted by Crippen LogP contribution is -2.53. The molecular formula is C27H32N2O5. The SMILES string of the molecule is CN(CCCCC(=O)O)C(=O)C1(CNC(=O)OCC2c3ccccc3-c3ccccc32)CCC1. The maximum atomic E-state index is 13.0. The van der Waals surface area contributed by atoms with Crippen LogP contribution in [0.5, 0.6) is 0 Å². The molecule has 0 radical (unpaired) electrons. The van der Waals surface area contributed by atoms with E-state index in [1.165, 1.54) is 11.1 Å². The largest absolute Gasteiger partial charge is 0.481 e. The molecule has 34 heavy (non-hydrogen) atoms. The van der Waals surface area contributed by atoms with Crippen LogP contribution in [0.25, 0.3) is 11.1 Å². The zero-order valence-electron chi connectivity index (χ0n) is 19.6. The third-order valence-electron chi connectivity index (χ3n) is 7.16. The molecule has 2 N–H and O–H groups in total. The van der Waals surface area contributed by atoms with Crippen molar-refractivity contribution < 1.29 is 24.2 Å². The van der Waals surface area contributed by atoms with Gasteiger partial charge in [0.25, 0.3) is 0 Å². The number of carbonyl (C=O) groups is 3. The zero-order valence-corrected chi connectivity index (χ0v) is 19.6. The van der Waals surface area contributed by atoms with Gasteiger partial charge in [0.05, 0.1) is 5.41 Å². The number of nitrogens with one attached hydrogen (secondary N) is 1. The lowest BCUT2D eigenvalue weighted by atomic mass is 9.67. The van der Waals surface area contributed by atoms with Crippen LogP contribution in [-0.4, -0.2) is 54.7 Å². The molecule has 0 saturated heterocycles. The van der Waals surface area contributed by atoms with Crippen molar-refractivity contribution in [3.8, 4) is 11.1 Å². The number of carboxylic acid groups (broad SMARTS) is 1. The molecule has 0 aromatic heterocycles. The van der Waals surface area contributed by atoms with E-state index in [9.17, 15) is 14.4 Å². The monoisotopic (exact) mass is 464 g/mol. The number of amides is 2. The summed E-state index contributed by atoms with van der Waals surface area (Å²) < 4.78 is 5.62. The fraction of sp³-hybridized carbons (Fsp3) is 0.444. The van der Waals surface area contributed by atoms with Crippen LogP contribution in [0.1, 0.15) is 55.6 Å². The van der Waals surface area contributed by atoms with E-state index in [0.29, 0.717) is 19.4 Å². The van der Waals surface area contributed by atoms with Gasteiger partial charge in [0.2, 0.25) is 5.91 Å². The van der Waals surface area contributed by atoms with E-state index in [1.807, 2.05) is 24.3 Å². The molecule has 180 valence electrons. The van der Waals surface area contributed by atoms with E-state index in [2.05, 4.69) is 29.6 Å². The third kappa shape index (κ3) is 4.93. The van der Waals surface area contributed by atoms with Crippen molar-refractivity contribution in [2.45, 2.75) is 44.4 Å². The number of ether oxygens (including phenoxy) is 1. The molecule has 7 nitrogen and oxygen atoms in total. The van der Waals surface area contributed by atoms with Gasteiger partial charge in [-0.15, -0.1) is 0 Å². The summed E-state index contributed by atoms with van der Waals surface area (Å²) >= 11 is 0. The number of carboxylic acids is 1. The summed E-state index contributed by atoms with van der Waals surface area (Å²) in [6.07, 6.45) is 3.19. The Bertz CT molecular complexity index is 1020. The molecule has 7 heteroatoms. The van der Waals surface area contributed by atoms with Gasteiger partial charge in [0.1, 0.15) is 6.61 Å². The Kier molecular flexibility index (Phi) is 7.20. The Hall–Kier alpha value is -3.35. The Balaban J connectivity index is 1.30. The number of fused-ring (bicyclic) bond motifs is 3. The Labute approximate surface area is 200 Å². The van der Waals surface area contributed by atoms with E-state index < -0.39 is 17.5 Å². The molecule has 1 fully saturated rings. The van der Waals surface area contributed by atoms with Gasteiger partial charge >= 0.3 is 12.1 Å². The maximum Gasteiger partial charge on any atom is 0.407 e. The molecule has 2 aromatic rings. The van der Waals surface area contributed by atoms with Crippen molar-refractivity contribution >= 4 is 18.0 Å². The minimum atomic E-state index is -0.822. The molecule has 0 aliphatic heterocycles. The summed E-state index contributed by atoms with van der Waals surface area (Å²) in [6.45, 7) is 1.01. The second kappa shape index (κ2) is 10.3. The number of carbonyl (C=O) groups excluding carboxylic acids is 2. The summed E-state index contributed by atoms with van der Waals surface area (Å²) in [4.78, 5) is 37.9. The number of hydrogen-bond acceptors (Lipinski definition) is 4. The van der Waals surface area contributed by atoms with Crippen LogP contribution in [0.4, 0.5) is 4.79 Å². The van der Waals surface area contributed by atoms with Crippen molar-refractivity contribution in [3.63, 3.8) is 0 Å². The number of rotatable bonds is 10. The standard InChI is InChI=1S/C27H32N2O5/c1-29(16-7-6-13-24(30)31)25(32)27(14-8-15-27)18-28-26(33)34-17-23-21-11-4-2-9-19(21)20-10-3-5-12-22(20)23/h2-5,9-12,23H,6-8,13-18H2,1H3,(H,28,33)(H,30,31). The van der Waals surface area contributed by atoms with Gasteiger partial charge in [-0.2, -0.15) is 0 Å². The minimum absolute atomic E-state index is 0.00520. The number of alkyl carbamates (subject to hydrolysis) is 1. The van der Waals surface area contributed by atoms with Crippen LogP contribution in [0.3, 0.4) is 0 Å². The summed E-state index contributed by atoms with van der Waals surface area (Å²) in [7, 11) is 1.75. The van der Waals surface area contributed by atoms with Gasteiger partial charge in [-0.25, -0.2) is 4.79 Å². The molecule has 0 heterocycles. The van der Waals surface area contributed by atoms with Crippen LogP contribution in [0.15, 0.2) is 48.5 Å². The van der Waals surface area contributed by atoms with Crippen LogP contribution in [-0.2, 0) is 14.3 Å². The lowest BCUT2D eigenvalue weighted by Gasteiger charge is -2.42. The molecule has 0 bridgehead atoms. The Morgan fingerprint density at radius 3 is 2.21 bits per heavy atom. The van der Waals surface area contributed by atoms with Crippen molar-refractivity contribution in [2.24, 2.45) is 5.41 Å². The number of hydrogen-bond donors (Lipinski definition) is 2. The van der Waals surface area contributed by atoms with Gasteiger partial charge < -0.3 is 20.1 Å². The summed E-state index contributed by atoms with van der Waals surface area (Å²) in [5.41, 5.74) is 4.08. The molecule has 2 aliphatic rings. The van der Waals surface area contributed by atoms with E-state index in [-0.39, 0.29) is 31.4 Å². The zero-order chi connectivity index (χ0) is 24.1. The van der Waals surface area contributed by atoms with Crippen LogP contribution >= 0.6 is 0 Å². The molecule has 2 aromatic carbocycles. The summed E-state index contributed by atoms with van der Waals surface area (Å²) in [5.74, 6) is -0.820. The van der Waals surface area contributed by atoms with E-state index in [4.69, 9.17) is 9.84 Å². The van der Waals surface area contributed by atoms with Crippen molar-refractivity contribution in [3.05, 3.63) is 59.7 Å². The van der Waals surface area contributed by atoms with Crippen LogP contribution < -0.4 is 5.32 Å². The lowest BCUT2D eigenvalue weighted by molar-refractivity contribution is -0.145. The normalized spacial score (nSPS) is 15.6. The first-order valence-corrected chi connectivity index (χ1v) is 12.0. The molecule has 0 unspecified atom stereocenters. The predicted molar refractivity (Wildman–Crippen MR) is 128 cm³/mol. The number of unbranched alkanes of at least 4 members (excludes halogenated alkanes) is 1. The van der Waals surface area contributed by atoms with Crippen molar-refractivity contribution in [1.82, 2.24) is 10.2 Å². The minimum Gasteiger partial charge on any atom is -0.481 e. The first-order valence-electron chi connectivity index (χ1n) is 12.0. The fourth-order valence-electron chi connectivity index (χ4n) is 5.09. The van der Waals surface area contributed by atoms with Gasteiger partial charge in [-0.3, -0.25) is 9.59 Å². The fourth-order valence-corrected chi connectivity index (χ4v) is 5.09. The first kappa shape index (κ1) is 23.8. The number of nitrogens with zero attached hydrogens (tertiary/aromatic N) is 1. The first-order chi connectivity index (χ1) is 16.4. The Morgan fingerprint density at radius 1 is 1.03 bits per heavy atom. The average molecular weight is 465 g/mol. The van der Waals surface area contributed by atoms with Gasteiger partial charge in [0.15, 0.2) is 0 Å². The van der Waals surface area contributed by atoms with E-state index in [0.717, 1.165) is 30.4 Å². The number of aliphatic carboxylic acids is 1. The number of benzene rings is 2. The van der Waals surface area contributed by atoms with Crippen molar-refractivity contribution in [1.29, 1.82) is 0 Å². The van der Waals surface area contributed by atoms with E-state index in [1.54, 1.807) is 11.9 Å². The third-order valence-corrected chi connectivity index (χ3v) is 7.16. The summed E-state index contributed by atoms with van der Waals surface area (Å²) in [5, 5.41) is 11.6. The molecule has 0 atom stereocenters. The van der Waals surface area contributed by atoms with Gasteiger partial charge in [-0.1, -0.05) is 55.0 Å². The average Bonchev–Trinajstić information content (AvgIpc) is 3.13. The quantitative estimate of drug-likeness (QED) is 0.508. The second-order valence-corrected chi connectivity index (χ2v) is 9.39. The highest BCUT2D eigenvalue weighted by Gasteiger charge is 2.45. The Morgan fingerprint density at radius 2 is 1.65 bits per heavy atom. The van der Waals surface area contributed by atoms with E-state index >= 15 is 0 Å². The predicted octanol–water partition coefficient (Wildman–Crippen LogP) is 4.41. The maximum absolute atomic E-state index is 13.0. The molecular weight excluding hydrogens is 432 g/mol. The highest BCUT2D eigenvalue weighted by molar-refractivity contribution is 5.84. The molecule has 0 spiro atoms. The van der Waals surface area contributed by atoms with Crippen LogP contribution in [0, 0.1) is 5.41 Å². The topological polar surface area (TPSA) is 95.9 Å². The highest BCUT2D eigenvalue weighted by atomic mass is 16.5. The van der Waals surface area contributed by atoms with Crippen LogP contribution in [0.2, 0.25) is 0 Å². The van der Waals surface area contributed by atoms with Crippen molar-refractivity contribution in [2.75, 3.05) is 26.7 Å². The molecule has 2 amide bonds. The van der Waals surface area contributed by atoms with Gasteiger partial charge in [-0.05, 0) is 47.9 Å². The molecule has 2 aliphatic carbocycles. The second-order valence-electron chi connectivity index (χ2n) is 9.39. The summed E-state index contributed by atoms with van der Waals surface area (Å²) in [6, 6.07) is 16.4.